The number of pyridine rings is 1. The van der Waals surface area contributed by atoms with E-state index in [4.69, 9.17) is 0 Å². The summed E-state index contributed by atoms with van der Waals surface area (Å²) < 4.78 is 5.41. The fourth-order valence-electron chi connectivity index (χ4n) is 1.28. The molecule has 0 spiro atoms. The molecular weight excluding hydrogens is 288 g/mol. The quantitative estimate of drug-likeness (QED) is 0.490. The van der Waals surface area contributed by atoms with Gasteiger partial charge in [0.05, 0.1) is 16.2 Å². The number of rotatable bonds is 4. The molecule has 0 fully saturated rings. The van der Waals surface area contributed by atoms with E-state index in [1.165, 1.54) is 30.6 Å². The zero-order valence-corrected chi connectivity index (χ0v) is 11.4. The fourth-order valence-corrected chi connectivity index (χ4v) is 3.05. The van der Waals surface area contributed by atoms with E-state index in [9.17, 15) is 14.9 Å². The second kappa shape index (κ2) is 5.81. The number of carbonyl (C=O) groups is 1. The summed E-state index contributed by atoms with van der Waals surface area (Å²) in [5.41, 5.74) is -0.0850. The van der Waals surface area contributed by atoms with Gasteiger partial charge in [-0.1, -0.05) is 17.8 Å². The predicted molar refractivity (Wildman–Crippen MR) is 70.7 cm³/mol. The number of ether oxygens (including phenoxy) is 1. The summed E-state index contributed by atoms with van der Waals surface area (Å²) in [5.74, 6) is -0.622. The lowest BCUT2D eigenvalue weighted by Crippen LogP contribution is -2.05. The van der Waals surface area contributed by atoms with Gasteiger partial charge in [0.15, 0.2) is 5.03 Å². The Morgan fingerprint density at radius 2 is 2.26 bits per heavy atom. The van der Waals surface area contributed by atoms with E-state index >= 15 is 0 Å². The number of carbonyl (C=O) groups excluding carboxylic acids is 1. The molecule has 0 atom stereocenters. The van der Waals surface area contributed by atoms with E-state index in [0.29, 0.717) is 0 Å². The molecule has 0 amide bonds. The highest BCUT2D eigenvalue weighted by Gasteiger charge is 2.20. The summed E-state index contributed by atoms with van der Waals surface area (Å²) in [6.07, 6.45) is 0. The van der Waals surface area contributed by atoms with Crippen LogP contribution in [0, 0.1) is 10.1 Å². The van der Waals surface area contributed by atoms with Crippen LogP contribution in [0.2, 0.25) is 0 Å². The number of thiophene rings is 1. The van der Waals surface area contributed by atoms with E-state index in [1.807, 2.05) is 17.5 Å². The molecule has 0 bridgehead atoms. The molecule has 2 heterocycles. The Labute approximate surface area is 116 Å². The molecule has 8 heteroatoms. The standard InChI is InChI=1S/C11H8N2O4S2/c1-17-11(14)7-4-5-8(13(15)16)10(12-7)19-9-3-2-6-18-9/h2-6H,1H3. The fraction of sp³-hybridized carbons (Fsp3) is 0.0909. The van der Waals surface area contributed by atoms with E-state index in [2.05, 4.69) is 9.72 Å². The van der Waals surface area contributed by atoms with Crippen LogP contribution in [0.15, 0.2) is 38.9 Å². The number of nitro groups is 1. The minimum atomic E-state index is -0.622. The first kappa shape index (κ1) is 13.5. The molecule has 0 unspecified atom stereocenters. The van der Waals surface area contributed by atoms with Crippen LogP contribution in [-0.2, 0) is 4.74 Å². The molecule has 0 radical (unpaired) electrons. The van der Waals surface area contributed by atoms with Gasteiger partial charge in [-0.05, 0) is 17.5 Å². The van der Waals surface area contributed by atoms with Crippen LogP contribution >= 0.6 is 23.1 Å². The van der Waals surface area contributed by atoms with Crippen LogP contribution in [-0.4, -0.2) is 23.0 Å². The van der Waals surface area contributed by atoms with Crippen LogP contribution in [0.4, 0.5) is 5.69 Å². The Bertz CT molecular complexity index is 613. The van der Waals surface area contributed by atoms with Crippen LogP contribution in [0.3, 0.4) is 0 Å². The highest BCUT2D eigenvalue weighted by molar-refractivity contribution is 8.01. The minimum Gasteiger partial charge on any atom is -0.464 e. The molecule has 6 nitrogen and oxygen atoms in total. The third-order valence-electron chi connectivity index (χ3n) is 2.12. The third kappa shape index (κ3) is 3.09. The maximum Gasteiger partial charge on any atom is 0.356 e. The van der Waals surface area contributed by atoms with E-state index in [1.54, 1.807) is 0 Å². The van der Waals surface area contributed by atoms with Crippen molar-refractivity contribution in [3.8, 4) is 0 Å². The second-order valence-corrected chi connectivity index (χ2v) is 5.54. The number of hydrogen-bond acceptors (Lipinski definition) is 7. The van der Waals surface area contributed by atoms with Crippen molar-refractivity contribution < 1.29 is 14.5 Å². The van der Waals surface area contributed by atoms with Gasteiger partial charge in [0.2, 0.25) is 0 Å². The summed E-state index contributed by atoms with van der Waals surface area (Å²) >= 11 is 2.59. The molecule has 2 aromatic rings. The monoisotopic (exact) mass is 296 g/mol. The van der Waals surface area contributed by atoms with Crippen LogP contribution in [0.25, 0.3) is 0 Å². The molecule has 0 saturated carbocycles. The largest absolute Gasteiger partial charge is 0.464 e. The number of methoxy groups -OCH3 is 1. The van der Waals surface area contributed by atoms with Gasteiger partial charge in [-0.2, -0.15) is 0 Å². The summed E-state index contributed by atoms with van der Waals surface area (Å²) in [7, 11) is 1.23. The SMILES string of the molecule is COC(=O)c1ccc([N+](=O)[O-])c(Sc2cccs2)n1. The van der Waals surface area contributed by atoms with Gasteiger partial charge in [-0.15, -0.1) is 11.3 Å². The normalized spacial score (nSPS) is 10.2. The van der Waals surface area contributed by atoms with Crippen molar-refractivity contribution >= 4 is 34.8 Å². The zero-order chi connectivity index (χ0) is 13.8. The molecule has 19 heavy (non-hydrogen) atoms. The Kier molecular flexibility index (Phi) is 4.13. The molecule has 0 saturated heterocycles. The lowest BCUT2D eigenvalue weighted by atomic mass is 10.3. The van der Waals surface area contributed by atoms with Crippen LogP contribution in [0.5, 0.6) is 0 Å². The molecular formula is C11H8N2O4S2. The van der Waals surface area contributed by atoms with Gasteiger partial charge in [0.25, 0.3) is 0 Å². The van der Waals surface area contributed by atoms with Gasteiger partial charge >= 0.3 is 11.7 Å². The van der Waals surface area contributed by atoms with Gasteiger partial charge in [-0.25, -0.2) is 9.78 Å². The molecule has 0 N–H and O–H groups in total. The first-order chi connectivity index (χ1) is 9.11. The van der Waals surface area contributed by atoms with Gasteiger partial charge < -0.3 is 4.74 Å². The number of esters is 1. The number of nitrogens with zero attached hydrogens (tertiary/aromatic N) is 2. The van der Waals surface area contributed by atoms with Gasteiger partial charge in [0.1, 0.15) is 5.69 Å². The lowest BCUT2D eigenvalue weighted by Gasteiger charge is -2.03. The molecule has 2 aromatic heterocycles. The molecule has 0 aliphatic heterocycles. The Balaban J connectivity index is 2.41. The Hall–Kier alpha value is -1.93. The highest BCUT2D eigenvalue weighted by atomic mass is 32.2. The maximum atomic E-state index is 11.4. The predicted octanol–water partition coefficient (Wildman–Crippen LogP) is 2.99. The smallest absolute Gasteiger partial charge is 0.356 e. The Morgan fingerprint density at radius 3 is 2.84 bits per heavy atom. The average molecular weight is 296 g/mol. The van der Waals surface area contributed by atoms with Gasteiger partial charge in [-0.3, -0.25) is 10.1 Å². The second-order valence-electron chi connectivity index (χ2n) is 3.30. The van der Waals surface area contributed by atoms with E-state index < -0.39 is 10.9 Å². The molecule has 0 aliphatic carbocycles. The van der Waals surface area contributed by atoms with Crippen molar-refractivity contribution in [1.82, 2.24) is 4.98 Å². The van der Waals surface area contributed by atoms with Crippen molar-refractivity contribution in [2.45, 2.75) is 9.24 Å². The molecule has 98 valence electrons. The zero-order valence-electron chi connectivity index (χ0n) is 9.73. The van der Waals surface area contributed by atoms with Crippen molar-refractivity contribution in [2.75, 3.05) is 7.11 Å². The van der Waals surface area contributed by atoms with Gasteiger partial charge in [0, 0.05) is 6.07 Å². The number of hydrogen-bond donors (Lipinski definition) is 0. The van der Waals surface area contributed by atoms with Crippen molar-refractivity contribution in [1.29, 1.82) is 0 Å². The minimum absolute atomic E-state index is 0.0483. The van der Waals surface area contributed by atoms with Crippen molar-refractivity contribution in [2.24, 2.45) is 0 Å². The summed E-state index contributed by atoms with van der Waals surface area (Å²) in [4.78, 5) is 25.8. The molecule has 0 aromatic carbocycles. The lowest BCUT2D eigenvalue weighted by molar-refractivity contribution is -0.388. The molecule has 2 rings (SSSR count). The first-order valence-corrected chi connectivity index (χ1v) is 6.76. The topological polar surface area (TPSA) is 82.3 Å². The van der Waals surface area contributed by atoms with Crippen LogP contribution < -0.4 is 0 Å². The van der Waals surface area contributed by atoms with Crippen molar-refractivity contribution in [3.63, 3.8) is 0 Å². The summed E-state index contributed by atoms with van der Waals surface area (Å²) in [5, 5.41) is 13.0. The Morgan fingerprint density at radius 1 is 1.47 bits per heavy atom. The number of aromatic nitrogens is 1. The third-order valence-corrected chi connectivity index (χ3v) is 4.16. The van der Waals surface area contributed by atoms with E-state index in [0.717, 1.165) is 16.0 Å². The highest BCUT2D eigenvalue weighted by Crippen LogP contribution is 2.35. The summed E-state index contributed by atoms with van der Waals surface area (Å²) in [6, 6.07) is 6.20. The molecule has 0 aliphatic rings. The van der Waals surface area contributed by atoms with Crippen molar-refractivity contribution in [3.05, 3.63) is 45.5 Å². The first-order valence-electron chi connectivity index (χ1n) is 5.07. The van der Waals surface area contributed by atoms with Crippen LogP contribution in [0.1, 0.15) is 10.5 Å². The maximum absolute atomic E-state index is 11.4. The van der Waals surface area contributed by atoms with E-state index in [-0.39, 0.29) is 16.4 Å². The average Bonchev–Trinajstić information content (AvgIpc) is 2.90. The summed E-state index contributed by atoms with van der Waals surface area (Å²) in [6.45, 7) is 0.